The Hall–Kier alpha value is -2.58. The summed E-state index contributed by atoms with van der Waals surface area (Å²) in [5.74, 6) is 0.112. The molecule has 2 N–H and O–H groups in total. The monoisotopic (exact) mass is 360 g/mol. The fourth-order valence-corrected chi connectivity index (χ4v) is 3.24. The van der Waals surface area contributed by atoms with Gasteiger partial charge in [0.1, 0.15) is 23.5 Å². The SMILES string of the molecule is CNS(=O)(=O)c1ccc(C(C)Nc2ncnc3c(F)cccc23)cc1. The fourth-order valence-electron chi connectivity index (χ4n) is 2.51. The summed E-state index contributed by atoms with van der Waals surface area (Å²) in [6.45, 7) is 1.91. The molecule has 3 rings (SSSR count). The van der Waals surface area contributed by atoms with E-state index in [1.165, 1.54) is 31.6 Å². The van der Waals surface area contributed by atoms with Crippen LogP contribution in [-0.4, -0.2) is 25.4 Å². The quantitative estimate of drug-likeness (QED) is 0.731. The molecule has 8 heteroatoms. The van der Waals surface area contributed by atoms with Crippen LogP contribution >= 0.6 is 0 Å². The van der Waals surface area contributed by atoms with Gasteiger partial charge in [0.2, 0.25) is 10.0 Å². The molecule has 0 amide bonds. The summed E-state index contributed by atoms with van der Waals surface area (Å²) in [7, 11) is -2.10. The topological polar surface area (TPSA) is 84.0 Å². The number of hydrogen-bond donors (Lipinski definition) is 2. The van der Waals surface area contributed by atoms with Gasteiger partial charge in [0, 0.05) is 11.4 Å². The van der Waals surface area contributed by atoms with Crippen LogP contribution in [0.4, 0.5) is 10.2 Å². The summed E-state index contributed by atoms with van der Waals surface area (Å²) in [5.41, 5.74) is 1.13. The summed E-state index contributed by atoms with van der Waals surface area (Å²) in [6, 6.07) is 11.1. The van der Waals surface area contributed by atoms with Gasteiger partial charge in [0.15, 0.2) is 0 Å². The van der Waals surface area contributed by atoms with Crippen LogP contribution in [0.25, 0.3) is 10.9 Å². The maximum absolute atomic E-state index is 13.8. The highest BCUT2D eigenvalue weighted by Crippen LogP contribution is 2.25. The smallest absolute Gasteiger partial charge is 0.240 e. The third-order valence-corrected chi connectivity index (χ3v) is 5.36. The molecule has 2 aromatic carbocycles. The number of sulfonamides is 1. The standard InChI is InChI=1S/C17H17FN4O2S/c1-11(12-6-8-13(9-7-12)25(23,24)19-2)22-17-14-4-3-5-15(18)16(14)20-10-21-17/h3-11,19H,1-2H3,(H,20,21,22). The van der Waals surface area contributed by atoms with Crippen LogP contribution in [0, 0.1) is 5.82 Å². The van der Waals surface area contributed by atoms with Gasteiger partial charge in [-0.15, -0.1) is 0 Å². The number of nitrogens with one attached hydrogen (secondary N) is 2. The van der Waals surface area contributed by atoms with Crippen molar-refractivity contribution in [1.82, 2.24) is 14.7 Å². The summed E-state index contributed by atoms with van der Waals surface area (Å²) in [6.07, 6.45) is 1.31. The molecule has 0 fully saturated rings. The molecular weight excluding hydrogens is 343 g/mol. The Morgan fingerprint density at radius 2 is 1.80 bits per heavy atom. The highest BCUT2D eigenvalue weighted by Gasteiger charge is 2.14. The van der Waals surface area contributed by atoms with Crippen LogP contribution in [0.5, 0.6) is 0 Å². The largest absolute Gasteiger partial charge is 0.363 e. The first-order chi connectivity index (χ1) is 11.9. The number of halogens is 1. The zero-order chi connectivity index (χ0) is 18.0. The molecule has 6 nitrogen and oxygen atoms in total. The normalized spacial score (nSPS) is 12.9. The van der Waals surface area contributed by atoms with Crippen molar-refractivity contribution in [3.63, 3.8) is 0 Å². The molecule has 1 aromatic heterocycles. The summed E-state index contributed by atoms with van der Waals surface area (Å²) in [4.78, 5) is 8.35. The summed E-state index contributed by atoms with van der Waals surface area (Å²) in [5, 5.41) is 3.80. The lowest BCUT2D eigenvalue weighted by atomic mass is 10.1. The maximum Gasteiger partial charge on any atom is 0.240 e. The van der Waals surface area contributed by atoms with Gasteiger partial charge in [-0.2, -0.15) is 0 Å². The minimum Gasteiger partial charge on any atom is -0.363 e. The Morgan fingerprint density at radius 3 is 2.48 bits per heavy atom. The minimum atomic E-state index is -3.47. The van der Waals surface area contributed by atoms with Gasteiger partial charge in [-0.05, 0) is 43.8 Å². The zero-order valence-corrected chi connectivity index (χ0v) is 14.5. The summed E-state index contributed by atoms with van der Waals surface area (Å²) < 4.78 is 39.7. The second kappa shape index (κ2) is 6.73. The molecule has 0 saturated heterocycles. The first-order valence-corrected chi connectivity index (χ1v) is 9.10. The van der Waals surface area contributed by atoms with Gasteiger partial charge < -0.3 is 5.32 Å². The predicted octanol–water partition coefficient (Wildman–Crippen LogP) is 2.85. The van der Waals surface area contributed by atoms with E-state index < -0.39 is 15.8 Å². The Labute approximate surface area is 145 Å². The van der Waals surface area contributed by atoms with E-state index in [1.807, 2.05) is 6.92 Å². The van der Waals surface area contributed by atoms with Crippen molar-refractivity contribution in [3.05, 3.63) is 60.2 Å². The molecule has 0 aliphatic carbocycles. The van der Waals surface area contributed by atoms with Crippen LogP contribution in [0.2, 0.25) is 0 Å². The van der Waals surface area contributed by atoms with Gasteiger partial charge in [-0.25, -0.2) is 27.5 Å². The molecule has 0 aliphatic rings. The van der Waals surface area contributed by atoms with E-state index >= 15 is 0 Å². The number of fused-ring (bicyclic) bond motifs is 1. The van der Waals surface area contributed by atoms with Crippen molar-refractivity contribution in [2.45, 2.75) is 17.9 Å². The molecule has 0 radical (unpaired) electrons. The average molecular weight is 360 g/mol. The number of nitrogens with zero attached hydrogens (tertiary/aromatic N) is 2. The van der Waals surface area contributed by atoms with Gasteiger partial charge in [0.05, 0.1) is 4.90 Å². The van der Waals surface area contributed by atoms with Crippen LogP contribution in [0.15, 0.2) is 53.7 Å². The molecule has 1 unspecified atom stereocenters. The van der Waals surface area contributed by atoms with Crippen molar-refractivity contribution >= 4 is 26.7 Å². The van der Waals surface area contributed by atoms with Crippen molar-refractivity contribution in [2.24, 2.45) is 0 Å². The highest BCUT2D eigenvalue weighted by molar-refractivity contribution is 7.89. The number of aromatic nitrogens is 2. The van der Waals surface area contributed by atoms with Crippen molar-refractivity contribution in [2.75, 3.05) is 12.4 Å². The lowest BCUT2D eigenvalue weighted by Gasteiger charge is -2.16. The van der Waals surface area contributed by atoms with Crippen molar-refractivity contribution in [1.29, 1.82) is 0 Å². The Morgan fingerprint density at radius 1 is 1.08 bits per heavy atom. The lowest BCUT2D eigenvalue weighted by molar-refractivity contribution is 0.588. The van der Waals surface area contributed by atoms with Crippen molar-refractivity contribution in [3.8, 4) is 0 Å². The van der Waals surface area contributed by atoms with Crippen LogP contribution in [0.1, 0.15) is 18.5 Å². The number of benzene rings is 2. The number of anilines is 1. The van der Waals surface area contributed by atoms with Gasteiger partial charge in [0.25, 0.3) is 0 Å². The zero-order valence-electron chi connectivity index (χ0n) is 13.7. The molecule has 0 aliphatic heterocycles. The summed E-state index contributed by atoms with van der Waals surface area (Å²) >= 11 is 0. The van der Waals surface area contributed by atoms with Crippen LogP contribution < -0.4 is 10.0 Å². The third kappa shape index (κ3) is 3.45. The van der Waals surface area contributed by atoms with Crippen LogP contribution in [-0.2, 0) is 10.0 Å². The maximum atomic E-state index is 13.8. The Kier molecular flexibility index (Phi) is 4.65. The first kappa shape index (κ1) is 17.2. The van der Waals surface area contributed by atoms with Crippen molar-refractivity contribution < 1.29 is 12.8 Å². The molecule has 3 aromatic rings. The molecule has 1 heterocycles. The average Bonchev–Trinajstić information content (AvgIpc) is 2.62. The predicted molar refractivity (Wildman–Crippen MR) is 94.2 cm³/mol. The first-order valence-electron chi connectivity index (χ1n) is 7.61. The van der Waals surface area contributed by atoms with E-state index in [0.717, 1.165) is 5.56 Å². The molecule has 0 saturated carbocycles. The van der Waals surface area contributed by atoms with E-state index in [-0.39, 0.29) is 16.5 Å². The molecule has 1 atom stereocenters. The van der Waals surface area contributed by atoms with Gasteiger partial charge >= 0.3 is 0 Å². The van der Waals surface area contributed by atoms with E-state index in [4.69, 9.17) is 0 Å². The third-order valence-electron chi connectivity index (χ3n) is 3.93. The fraction of sp³-hybridized carbons (Fsp3) is 0.176. The number of para-hydroxylation sites is 1. The van der Waals surface area contributed by atoms with Gasteiger partial charge in [-0.3, -0.25) is 0 Å². The van der Waals surface area contributed by atoms with Crippen LogP contribution in [0.3, 0.4) is 0 Å². The second-order valence-electron chi connectivity index (χ2n) is 5.50. The molecule has 130 valence electrons. The molecule has 25 heavy (non-hydrogen) atoms. The number of rotatable bonds is 5. The van der Waals surface area contributed by atoms with E-state index in [2.05, 4.69) is 20.0 Å². The molecular formula is C17H17FN4O2S. The molecule has 0 spiro atoms. The van der Waals surface area contributed by atoms with E-state index in [1.54, 1.807) is 24.3 Å². The number of hydrogen-bond acceptors (Lipinski definition) is 5. The Bertz CT molecular complexity index is 1010. The minimum absolute atomic E-state index is 0.160. The second-order valence-corrected chi connectivity index (χ2v) is 7.39. The lowest BCUT2D eigenvalue weighted by Crippen LogP contribution is -2.18. The highest BCUT2D eigenvalue weighted by atomic mass is 32.2. The Balaban J connectivity index is 1.88. The van der Waals surface area contributed by atoms with E-state index in [9.17, 15) is 12.8 Å². The van der Waals surface area contributed by atoms with E-state index in [0.29, 0.717) is 11.2 Å². The van der Waals surface area contributed by atoms with Gasteiger partial charge in [-0.1, -0.05) is 18.2 Å². The molecule has 0 bridgehead atoms.